The molecule has 0 aromatic carbocycles. The molecule has 1 fully saturated rings. The Morgan fingerprint density at radius 3 is 2.81 bits per heavy atom. The number of hydrogen-bond acceptors (Lipinski definition) is 8. The number of carbonyl (C=O) groups is 1. The normalized spacial score (nSPS) is 24.0. The lowest BCUT2D eigenvalue weighted by atomic mass is 9.86. The highest BCUT2D eigenvalue weighted by molar-refractivity contribution is 5.90. The standard InChI is InChI=1S/C21H22N8O3/c1-22-18-15-19(27-14(26-18)5-4-11-8-25-28(3)9-11)29(10-24-15)13-6-12-7-21(12,20(32)23-2)17(31)16(13)30/h8-10,12,17,30-31H,6-7H2,1-3H3,(H,23,32)(H,22,26,27)/t12?,17-,21?/m0/s1. The van der Waals surface area contributed by atoms with Crippen molar-refractivity contribution in [1.29, 1.82) is 0 Å². The first-order valence-corrected chi connectivity index (χ1v) is 10.1. The molecule has 1 amide bonds. The minimum absolute atomic E-state index is 0.0729. The Labute approximate surface area is 183 Å². The lowest BCUT2D eigenvalue weighted by Gasteiger charge is -2.28. The molecular weight excluding hydrogens is 412 g/mol. The van der Waals surface area contributed by atoms with Crippen molar-refractivity contribution in [3.8, 4) is 11.8 Å². The number of fused-ring (bicyclic) bond motifs is 2. The second kappa shape index (κ2) is 7.06. The van der Waals surface area contributed by atoms with Crippen LogP contribution in [0, 0.1) is 23.2 Å². The average molecular weight is 434 g/mol. The second-order valence-corrected chi connectivity index (χ2v) is 8.04. The summed E-state index contributed by atoms with van der Waals surface area (Å²) < 4.78 is 3.29. The average Bonchev–Trinajstić information content (AvgIpc) is 3.15. The number of nitrogens with one attached hydrogen (secondary N) is 2. The molecule has 0 spiro atoms. The first kappa shape index (κ1) is 20.0. The van der Waals surface area contributed by atoms with Crippen molar-refractivity contribution in [2.75, 3.05) is 19.4 Å². The summed E-state index contributed by atoms with van der Waals surface area (Å²) in [5.41, 5.74) is 1.18. The number of aliphatic hydroxyl groups excluding tert-OH is 2. The molecular formula is C21H22N8O3. The van der Waals surface area contributed by atoms with Gasteiger partial charge in [0.15, 0.2) is 17.0 Å². The van der Waals surface area contributed by atoms with Gasteiger partial charge in [0.05, 0.1) is 22.9 Å². The lowest BCUT2D eigenvalue weighted by molar-refractivity contribution is -0.131. The highest BCUT2D eigenvalue weighted by Gasteiger charge is 2.67. The van der Waals surface area contributed by atoms with Crippen molar-refractivity contribution in [2.45, 2.75) is 18.9 Å². The van der Waals surface area contributed by atoms with Gasteiger partial charge in [-0.2, -0.15) is 5.10 Å². The third kappa shape index (κ3) is 2.84. The number of rotatable bonds is 3. The summed E-state index contributed by atoms with van der Waals surface area (Å²) in [5, 5.41) is 31.3. The second-order valence-electron chi connectivity index (χ2n) is 8.04. The number of hydrogen-bond donors (Lipinski definition) is 4. The van der Waals surface area contributed by atoms with Gasteiger partial charge in [0.25, 0.3) is 0 Å². The zero-order valence-electron chi connectivity index (χ0n) is 17.8. The number of aliphatic hydroxyl groups is 2. The smallest absolute Gasteiger partial charge is 0.229 e. The molecule has 0 bridgehead atoms. The van der Waals surface area contributed by atoms with Crippen LogP contribution < -0.4 is 10.6 Å². The minimum Gasteiger partial charge on any atom is -0.508 e. The van der Waals surface area contributed by atoms with Crippen molar-refractivity contribution in [2.24, 2.45) is 18.4 Å². The van der Waals surface area contributed by atoms with E-state index in [1.54, 1.807) is 28.7 Å². The van der Waals surface area contributed by atoms with Gasteiger partial charge in [-0.05, 0) is 24.7 Å². The lowest BCUT2D eigenvalue weighted by Crippen LogP contribution is -2.42. The van der Waals surface area contributed by atoms with E-state index in [9.17, 15) is 15.0 Å². The van der Waals surface area contributed by atoms with Crippen molar-refractivity contribution >= 4 is 28.6 Å². The highest BCUT2D eigenvalue weighted by Crippen LogP contribution is 2.63. The summed E-state index contributed by atoms with van der Waals surface area (Å²) >= 11 is 0. The van der Waals surface area contributed by atoms with Crippen LogP contribution in [0.15, 0.2) is 24.5 Å². The van der Waals surface area contributed by atoms with Gasteiger partial charge < -0.3 is 20.8 Å². The maximum Gasteiger partial charge on any atom is 0.229 e. The number of imidazole rings is 1. The number of carbonyl (C=O) groups excluding carboxylic acids is 1. The van der Waals surface area contributed by atoms with Crippen molar-refractivity contribution in [3.63, 3.8) is 0 Å². The molecule has 2 aliphatic carbocycles. The van der Waals surface area contributed by atoms with E-state index >= 15 is 0 Å². The maximum absolute atomic E-state index is 12.3. The molecule has 32 heavy (non-hydrogen) atoms. The van der Waals surface area contributed by atoms with Crippen molar-refractivity contribution < 1.29 is 15.0 Å². The Morgan fingerprint density at radius 1 is 1.31 bits per heavy atom. The predicted molar refractivity (Wildman–Crippen MR) is 115 cm³/mol. The summed E-state index contributed by atoms with van der Waals surface area (Å²) in [4.78, 5) is 25.7. The SMILES string of the molecule is CNC(=O)C12CC1CC(n1cnc3c(NC)nc(C#Cc4cnn(C)c4)nc31)=C(O)[C@@H]2O. The third-order valence-corrected chi connectivity index (χ3v) is 6.23. The summed E-state index contributed by atoms with van der Waals surface area (Å²) in [5.74, 6) is 6.11. The van der Waals surface area contributed by atoms with Gasteiger partial charge in [0.2, 0.25) is 11.7 Å². The van der Waals surface area contributed by atoms with Gasteiger partial charge in [-0.3, -0.25) is 14.0 Å². The van der Waals surface area contributed by atoms with Gasteiger partial charge in [0.1, 0.15) is 18.2 Å². The third-order valence-electron chi connectivity index (χ3n) is 6.23. The molecule has 3 aromatic heterocycles. The molecule has 3 heterocycles. The van der Waals surface area contributed by atoms with Gasteiger partial charge in [-0.15, -0.1) is 0 Å². The fraction of sp³-hybridized carbons (Fsp3) is 0.381. The van der Waals surface area contributed by atoms with E-state index in [4.69, 9.17) is 0 Å². The van der Waals surface area contributed by atoms with Gasteiger partial charge in [-0.25, -0.2) is 15.0 Å². The molecule has 11 nitrogen and oxygen atoms in total. The predicted octanol–water partition coefficient (Wildman–Crippen LogP) is 0.245. The number of aromatic nitrogens is 6. The molecule has 0 saturated heterocycles. The Bertz CT molecular complexity index is 1340. The summed E-state index contributed by atoms with van der Waals surface area (Å²) in [7, 11) is 5.06. The van der Waals surface area contributed by atoms with Crippen molar-refractivity contribution in [1.82, 2.24) is 34.6 Å². The Hall–Kier alpha value is -3.91. The molecule has 0 radical (unpaired) electrons. The minimum atomic E-state index is -1.29. The summed E-state index contributed by atoms with van der Waals surface area (Å²) in [6.07, 6.45) is 4.60. The van der Waals surface area contributed by atoms with Crippen LogP contribution in [0.5, 0.6) is 0 Å². The fourth-order valence-electron chi connectivity index (χ4n) is 4.48. The van der Waals surface area contributed by atoms with E-state index < -0.39 is 11.5 Å². The molecule has 5 rings (SSSR count). The molecule has 0 aliphatic heterocycles. The monoisotopic (exact) mass is 434 g/mol. The van der Waals surface area contributed by atoms with E-state index in [2.05, 4.69) is 42.5 Å². The molecule has 164 valence electrons. The first-order chi connectivity index (χ1) is 15.4. The van der Waals surface area contributed by atoms with Crippen LogP contribution in [0.4, 0.5) is 5.82 Å². The molecule has 2 aliphatic rings. The van der Waals surface area contributed by atoms with E-state index in [0.717, 1.165) is 5.56 Å². The zero-order valence-corrected chi connectivity index (χ0v) is 17.8. The Balaban J connectivity index is 1.59. The van der Waals surface area contributed by atoms with Crippen molar-refractivity contribution in [3.05, 3.63) is 35.9 Å². The van der Waals surface area contributed by atoms with Gasteiger partial charge >= 0.3 is 0 Å². The molecule has 4 N–H and O–H groups in total. The highest BCUT2D eigenvalue weighted by atomic mass is 16.3. The van der Waals surface area contributed by atoms with Crippen LogP contribution in [0.25, 0.3) is 16.9 Å². The zero-order chi connectivity index (χ0) is 22.6. The largest absolute Gasteiger partial charge is 0.508 e. The fourth-order valence-corrected chi connectivity index (χ4v) is 4.48. The summed E-state index contributed by atoms with van der Waals surface area (Å²) in [6, 6.07) is 0. The molecule has 2 unspecified atom stereocenters. The maximum atomic E-state index is 12.3. The number of aryl methyl sites for hydroxylation is 1. The molecule has 11 heteroatoms. The Morgan fingerprint density at radius 2 is 2.12 bits per heavy atom. The number of nitrogens with zero attached hydrogens (tertiary/aromatic N) is 6. The van der Waals surface area contributed by atoms with E-state index in [1.165, 1.54) is 13.4 Å². The van der Waals surface area contributed by atoms with E-state index in [-0.39, 0.29) is 23.4 Å². The number of anilines is 1. The van der Waals surface area contributed by atoms with Crippen LogP contribution >= 0.6 is 0 Å². The van der Waals surface area contributed by atoms with Crippen LogP contribution in [0.3, 0.4) is 0 Å². The van der Waals surface area contributed by atoms with E-state index in [0.29, 0.717) is 35.5 Å². The Kier molecular flexibility index (Phi) is 4.42. The molecule has 3 atom stereocenters. The molecule has 1 saturated carbocycles. The number of amides is 1. The first-order valence-electron chi connectivity index (χ1n) is 10.1. The van der Waals surface area contributed by atoms with E-state index in [1.807, 2.05) is 7.05 Å². The quantitative estimate of drug-likeness (QED) is 0.430. The summed E-state index contributed by atoms with van der Waals surface area (Å²) in [6.45, 7) is 0. The van der Waals surface area contributed by atoms with Crippen LogP contribution in [-0.4, -0.2) is 65.6 Å². The van der Waals surface area contributed by atoms with Crippen LogP contribution in [0.1, 0.15) is 24.2 Å². The molecule has 3 aromatic rings. The van der Waals surface area contributed by atoms with Crippen LogP contribution in [0.2, 0.25) is 0 Å². The van der Waals surface area contributed by atoms with Crippen LogP contribution in [-0.2, 0) is 11.8 Å². The van der Waals surface area contributed by atoms with Gasteiger partial charge in [0, 0.05) is 27.3 Å². The topological polar surface area (TPSA) is 143 Å². The number of allylic oxidation sites excluding steroid dienone is 1. The van der Waals surface area contributed by atoms with Gasteiger partial charge in [-0.1, -0.05) is 5.92 Å².